The molecular formula is C6H10F3N. The van der Waals surface area contributed by atoms with Crippen LogP contribution in [0.3, 0.4) is 0 Å². The summed E-state index contributed by atoms with van der Waals surface area (Å²) in [5.41, 5.74) is 0. The van der Waals surface area contributed by atoms with Gasteiger partial charge in [0.25, 0.3) is 0 Å². The molecule has 1 N–H and O–H groups in total. The van der Waals surface area contributed by atoms with Gasteiger partial charge in [0.15, 0.2) is 0 Å². The molecule has 10 heavy (non-hydrogen) atoms. The Morgan fingerprint density at radius 2 is 2.00 bits per heavy atom. The van der Waals surface area contributed by atoms with Crippen molar-refractivity contribution in [1.82, 2.24) is 5.32 Å². The summed E-state index contributed by atoms with van der Waals surface area (Å²) in [4.78, 5) is 0. The van der Waals surface area contributed by atoms with Crippen molar-refractivity contribution in [2.75, 3.05) is 13.1 Å². The number of alkyl halides is 3. The summed E-state index contributed by atoms with van der Waals surface area (Å²) >= 11 is 0. The Morgan fingerprint density at radius 3 is 2.40 bits per heavy atom. The third kappa shape index (κ3) is 7.49. The van der Waals surface area contributed by atoms with Crippen molar-refractivity contribution >= 4 is 0 Å². The largest absolute Gasteiger partial charge is 0.390 e. The zero-order valence-electron chi connectivity index (χ0n) is 5.54. The molecule has 0 amide bonds. The van der Waals surface area contributed by atoms with E-state index in [4.69, 9.17) is 0 Å². The minimum Gasteiger partial charge on any atom is -0.313 e. The maximum absolute atomic E-state index is 11.4. The average molecular weight is 153 g/mol. The van der Waals surface area contributed by atoms with Crippen LogP contribution in [0.5, 0.6) is 0 Å². The fourth-order valence-corrected chi connectivity index (χ4v) is 0.434. The van der Waals surface area contributed by atoms with Crippen LogP contribution in [-0.2, 0) is 0 Å². The highest BCUT2D eigenvalue weighted by molar-refractivity contribution is 4.69. The van der Waals surface area contributed by atoms with Gasteiger partial charge < -0.3 is 5.32 Å². The van der Waals surface area contributed by atoms with E-state index in [1.165, 1.54) is 6.08 Å². The van der Waals surface area contributed by atoms with E-state index < -0.39 is 12.6 Å². The van der Waals surface area contributed by atoms with Gasteiger partial charge in [0.05, 0.1) is 6.42 Å². The molecule has 0 spiro atoms. The molecule has 0 atom stereocenters. The van der Waals surface area contributed by atoms with Gasteiger partial charge in [-0.2, -0.15) is 13.2 Å². The second kappa shape index (κ2) is 4.33. The molecule has 0 heterocycles. The summed E-state index contributed by atoms with van der Waals surface area (Å²) in [6.45, 7) is 3.75. The van der Waals surface area contributed by atoms with Crippen molar-refractivity contribution in [1.29, 1.82) is 0 Å². The van der Waals surface area contributed by atoms with Gasteiger partial charge in [-0.1, -0.05) is 6.08 Å². The van der Waals surface area contributed by atoms with Crippen LogP contribution in [-0.4, -0.2) is 19.3 Å². The SMILES string of the molecule is C=CCNCCC(F)(F)F. The lowest BCUT2D eigenvalue weighted by Crippen LogP contribution is -2.21. The van der Waals surface area contributed by atoms with E-state index in [2.05, 4.69) is 11.9 Å². The third-order valence-electron chi connectivity index (χ3n) is 0.874. The highest BCUT2D eigenvalue weighted by Crippen LogP contribution is 2.17. The lowest BCUT2D eigenvalue weighted by Gasteiger charge is -2.04. The van der Waals surface area contributed by atoms with Crippen LogP contribution in [0.1, 0.15) is 6.42 Å². The summed E-state index contributed by atoms with van der Waals surface area (Å²) in [5.74, 6) is 0. The van der Waals surface area contributed by atoms with E-state index in [1.807, 2.05) is 0 Å². The number of hydrogen-bond donors (Lipinski definition) is 1. The zero-order chi connectivity index (χ0) is 8.04. The highest BCUT2D eigenvalue weighted by Gasteiger charge is 2.25. The Labute approximate surface area is 57.9 Å². The van der Waals surface area contributed by atoms with Crippen LogP contribution in [0.25, 0.3) is 0 Å². The Hall–Kier alpha value is -0.510. The summed E-state index contributed by atoms with van der Waals surface area (Å²) < 4.78 is 34.3. The Balaban J connectivity index is 3.12. The molecule has 0 unspecified atom stereocenters. The molecule has 1 nitrogen and oxygen atoms in total. The molecule has 60 valence electrons. The van der Waals surface area contributed by atoms with Gasteiger partial charge in [-0.15, -0.1) is 6.58 Å². The minimum atomic E-state index is -4.05. The molecular weight excluding hydrogens is 143 g/mol. The minimum absolute atomic E-state index is 0.0322. The second-order valence-electron chi connectivity index (χ2n) is 1.86. The fourth-order valence-electron chi connectivity index (χ4n) is 0.434. The van der Waals surface area contributed by atoms with E-state index in [-0.39, 0.29) is 6.54 Å². The first kappa shape index (κ1) is 9.49. The molecule has 0 rings (SSSR count). The summed E-state index contributed by atoms with van der Waals surface area (Å²) in [6, 6.07) is 0. The third-order valence-corrected chi connectivity index (χ3v) is 0.874. The second-order valence-corrected chi connectivity index (χ2v) is 1.86. The highest BCUT2D eigenvalue weighted by atomic mass is 19.4. The van der Waals surface area contributed by atoms with Crippen LogP contribution in [0.4, 0.5) is 13.2 Å². The van der Waals surface area contributed by atoms with Crippen molar-refractivity contribution in [3.05, 3.63) is 12.7 Å². The lowest BCUT2D eigenvalue weighted by molar-refractivity contribution is -0.133. The topological polar surface area (TPSA) is 12.0 Å². The molecule has 0 fully saturated rings. The summed E-state index contributed by atoms with van der Waals surface area (Å²) in [7, 11) is 0. The average Bonchev–Trinajstić information content (AvgIpc) is 1.78. The molecule has 0 bridgehead atoms. The molecule has 0 aromatic rings. The van der Waals surface area contributed by atoms with Gasteiger partial charge in [-0.05, 0) is 0 Å². The van der Waals surface area contributed by atoms with Gasteiger partial charge >= 0.3 is 6.18 Å². The first-order chi connectivity index (χ1) is 4.56. The maximum Gasteiger partial charge on any atom is 0.390 e. The van der Waals surface area contributed by atoms with Gasteiger partial charge in [-0.3, -0.25) is 0 Å². The van der Waals surface area contributed by atoms with E-state index in [0.717, 1.165) is 0 Å². The van der Waals surface area contributed by atoms with Gasteiger partial charge in [0.2, 0.25) is 0 Å². The van der Waals surface area contributed by atoms with Gasteiger partial charge in [0, 0.05) is 13.1 Å². The Kier molecular flexibility index (Phi) is 4.11. The van der Waals surface area contributed by atoms with Crippen molar-refractivity contribution in [3.63, 3.8) is 0 Å². The van der Waals surface area contributed by atoms with Crippen LogP contribution in [0.15, 0.2) is 12.7 Å². The summed E-state index contributed by atoms with van der Waals surface area (Å²) in [5, 5.41) is 2.55. The van der Waals surface area contributed by atoms with Crippen molar-refractivity contribution in [2.45, 2.75) is 12.6 Å². The first-order valence-electron chi connectivity index (χ1n) is 2.94. The lowest BCUT2D eigenvalue weighted by atomic mass is 10.4. The van der Waals surface area contributed by atoms with E-state index in [1.54, 1.807) is 0 Å². The number of hydrogen-bond acceptors (Lipinski definition) is 1. The quantitative estimate of drug-likeness (QED) is 0.479. The molecule has 0 aromatic carbocycles. The van der Waals surface area contributed by atoms with Crippen molar-refractivity contribution < 1.29 is 13.2 Å². The van der Waals surface area contributed by atoms with Gasteiger partial charge in [0.1, 0.15) is 0 Å². The van der Waals surface area contributed by atoms with Crippen molar-refractivity contribution in [3.8, 4) is 0 Å². The van der Waals surface area contributed by atoms with E-state index >= 15 is 0 Å². The number of rotatable bonds is 4. The molecule has 4 heteroatoms. The van der Waals surface area contributed by atoms with Crippen LogP contribution < -0.4 is 5.32 Å². The molecule has 0 aromatic heterocycles. The normalized spacial score (nSPS) is 11.5. The molecule has 0 radical (unpaired) electrons. The van der Waals surface area contributed by atoms with Gasteiger partial charge in [-0.25, -0.2) is 0 Å². The molecule has 0 aliphatic carbocycles. The molecule has 0 saturated carbocycles. The van der Waals surface area contributed by atoms with Crippen LogP contribution in [0.2, 0.25) is 0 Å². The molecule has 0 aliphatic rings. The number of nitrogens with one attached hydrogen (secondary N) is 1. The first-order valence-corrected chi connectivity index (χ1v) is 2.94. The van der Waals surface area contributed by atoms with E-state index in [0.29, 0.717) is 6.54 Å². The monoisotopic (exact) mass is 153 g/mol. The zero-order valence-corrected chi connectivity index (χ0v) is 5.54. The molecule has 0 aliphatic heterocycles. The standard InChI is InChI=1S/C6H10F3N/c1-2-4-10-5-3-6(7,8)9/h2,10H,1,3-5H2. The van der Waals surface area contributed by atoms with Crippen molar-refractivity contribution in [2.24, 2.45) is 0 Å². The Morgan fingerprint density at radius 1 is 1.40 bits per heavy atom. The van der Waals surface area contributed by atoms with Crippen LogP contribution >= 0.6 is 0 Å². The predicted octanol–water partition coefficient (Wildman–Crippen LogP) is 1.71. The smallest absolute Gasteiger partial charge is 0.313 e. The predicted molar refractivity (Wildman–Crippen MR) is 33.7 cm³/mol. The van der Waals surface area contributed by atoms with Crippen LogP contribution in [0, 0.1) is 0 Å². The number of halogens is 3. The maximum atomic E-state index is 11.4. The molecule has 0 saturated heterocycles. The fraction of sp³-hybridized carbons (Fsp3) is 0.667. The Bertz CT molecular complexity index is 97.7. The van der Waals surface area contributed by atoms with E-state index in [9.17, 15) is 13.2 Å². The summed E-state index contributed by atoms with van der Waals surface area (Å²) in [6.07, 6.45) is -3.30.